The lowest BCUT2D eigenvalue weighted by Gasteiger charge is -2.22. The van der Waals surface area contributed by atoms with Gasteiger partial charge in [-0.2, -0.15) is 0 Å². The van der Waals surface area contributed by atoms with Crippen LogP contribution in [0.2, 0.25) is 0 Å². The first-order valence-electron chi connectivity index (χ1n) is 24.6. The van der Waals surface area contributed by atoms with Gasteiger partial charge in [-0.25, -0.2) is 9.97 Å². The Morgan fingerprint density at radius 3 is 1.31 bits per heavy atom. The molecule has 4 heteroatoms. The predicted molar refractivity (Wildman–Crippen MR) is 297 cm³/mol. The molecule has 0 spiro atoms. The Morgan fingerprint density at radius 2 is 0.718 bits per heavy atom. The lowest BCUT2D eigenvalue weighted by Crippen LogP contribution is -2.15. The molecule has 3 aromatic heterocycles. The third-order valence-electron chi connectivity index (χ3n) is 15.5. The SMILES string of the molecule is CC1(C)c2cc3c4ccccc4c4ccccc4c3cc2-c2cc3c(cc21)c1cc(-c2ccc4c(c2)c2ccccc2n4-c2ccccc2)ccc1n3-c1nc(-c2ccccc2)cc(-c2ccccc2)n1. The van der Waals surface area contributed by atoms with Crippen LogP contribution in [0.1, 0.15) is 25.0 Å². The zero-order valence-corrected chi connectivity index (χ0v) is 39.2. The molecule has 0 radical (unpaired) electrons. The van der Waals surface area contributed by atoms with Crippen LogP contribution in [0.25, 0.3) is 132 Å². The summed E-state index contributed by atoms with van der Waals surface area (Å²) in [6.45, 7) is 4.81. The average molecular weight is 905 g/mol. The first kappa shape index (κ1) is 39.8. The van der Waals surface area contributed by atoms with E-state index in [1.807, 2.05) is 0 Å². The Morgan fingerprint density at radius 1 is 0.296 bits per heavy atom. The third kappa shape index (κ3) is 5.85. The number of aromatic nitrogens is 4. The summed E-state index contributed by atoms with van der Waals surface area (Å²) in [6, 6.07) is 84.2. The van der Waals surface area contributed by atoms with Gasteiger partial charge in [-0.1, -0.05) is 172 Å². The molecular formula is C67H44N4. The standard InChI is InChI=1S/C67H44N4/c1-67(2)58-37-52-49-27-15-13-25-47(49)46-24-12-14-26-48(46)51(52)36-53(58)54-39-65-57(38-59(54)67)56-35-44(43-30-32-63-55(34-43)50-28-16-17-29-62(50)70(63)45-22-10-5-11-23-45)31-33-64(56)71(65)66-68-60(41-18-6-3-7-19-41)40-61(69-66)42-20-8-4-9-21-42/h3-40H,1-2H3. The van der Waals surface area contributed by atoms with Gasteiger partial charge in [0.2, 0.25) is 5.95 Å². The van der Waals surface area contributed by atoms with Gasteiger partial charge in [-0.15, -0.1) is 0 Å². The number of fused-ring (bicyclic) bond motifs is 15. The van der Waals surface area contributed by atoms with Gasteiger partial charge in [0.1, 0.15) is 0 Å². The van der Waals surface area contributed by atoms with E-state index in [1.165, 1.54) is 87.3 Å². The second kappa shape index (κ2) is 14.9. The molecule has 1 aliphatic rings. The summed E-state index contributed by atoms with van der Waals surface area (Å²) in [6.07, 6.45) is 0. The van der Waals surface area contributed by atoms with Crippen LogP contribution in [-0.4, -0.2) is 19.1 Å². The van der Waals surface area contributed by atoms with E-state index in [0.29, 0.717) is 5.95 Å². The van der Waals surface area contributed by atoms with Crippen molar-refractivity contribution in [2.75, 3.05) is 0 Å². The molecule has 11 aromatic carbocycles. The summed E-state index contributed by atoms with van der Waals surface area (Å²) in [5.74, 6) is 0.640. The second-order valence-corrected chi connectivity index (χ2v) is 19.7. The minimum atomic E-state index is -0.270. The van der Waals surface area contributed by atoms with Gasteiger partial charge in [0, 0.05) is 43.8 Å². The van der Waals surface area contributed by atoms with Gasteiger partial charge >= 0.3 is 0 Å². The maximum Gasteiger partial charge on any atom is 0.235 e. The van der Waals surface area contributed by atoms with Crippen LogP contribution >= 0.6 is 0 Å². The quantitative estimate of drug-likeness (QED) is 0.161. The van der Waals surface area contributed by atoms with Gasteiger partial charge in [-0.05, 0) is 138 Å². The normalized spacial score (nSPS) is 13.0. The van der Waals surface area contributed by atoms with Crippen molar-refractivity contribution in [3.8, 4) is 56.4 Å². The van der Waals surface area contributed by atoms with Crippen LogP contribution in [0, 0.1) is 0 Å². The molecule has 0 saturated carbocycles. The van der Waals surface area contributed by atoms with Crippen LogP contribution in [0.15, 0.2) is 231 Å². The van der Waals surface area contributed by atoms with Gasteiger partial charge in [0.25, 0.3) is 0 Å². The lowest BCUT2D eigenvalue weighted by molar-refractivity contribution is 0.662. The van der Waals surface area contributed by atoms with E-state index in [4.69, 9.17) is 9.97 Å². The Kier molecular flexibility index (Phi) is 8.38. The van der Waals surface area contributed by atoms with Crippen LogP contribution in [0.4, 0.5) is 0 Å². The average Bonchev–Trinajstić information content (AvgIpc) is 4.02. The van der Waals surface area contributed by atoms with Crippen molar-refractivity contribution in [3.63, 3.8) is 0 Å². The van der Waals surface area contributed by atoms with E-state index >= 15 is 0 Å². The van der Waals surface area contributed by atoms with E-state index in [-0.39, 0.29) is 5.41 Å². The molecule has 14 aromatic rings. The predicted octanol–water partition coefficient (Wildman–Crippen LogP) is 17.4. The summed E-state index contributed by atoms with van der Waals surface area (Å²) < 4.78 is 4.70. The second-order valence-electron chi connectivity index (χ2n) is 19.7. The van der Waals surface area contributed by atoms with E-state index in [1.54, 1.807) is 0 Å². The van der Waals surface area contributed by atoms with E-state index < -0.39 is 0 Å². The fraction of sp³-hybridized carbons (Fsp3) is 0.0448. The van der Waals surface area contributed by atoms with E-state index in [0.717, 1.165) is 50.2 Å². The lowest BCUT2D eigenvalue weighted by atomic mass is 9.81. The van der Waals surface area contributed by atoms with Gasteiger partial charge in [0.15, 0.2) is 0 Å². The number of nitrogens with zero attached hydrogens (tertiary/aromatic N) is 4. The molecule has 0 saturated heterocycles. The Labute approximate surface area is 410 Å². The highest BCUT2D eigenvalue weighted by Gasteiger charge is 2.37. The largest absolute Gasteiger partial charge is 0.309 e. The fourth-order valence-electron chi connectivity index (χ4n) is 12.1. The third-order valence-corrected chi connectivity index (χ3v) is 15.5. The van der Waals surface area contributed by atoms with Crippen molar-refractivity contribution >= 4 is 75.9 Å². The monoisotopic (exact) mass is 904 g/mol. The number of rotatable bonds is 5. The molecule has 1 aliphatic carbocycles. The molecule has 332 valence electrons. The molecule has 4 nitrogen and oxygen atoms in total. The highest BCUT2D eigenvalue weighted by atomic mass is 15.2. The molecule has 0 atom stereocenters. The van der Waals surface area contributed by atoms with Crippen molar-refractivity contribution in [2.24, 2.45) is 0 Å². The summed E-state index contributed by atoms with van der Waals surface area (Å²) >= 11 is 0. The van der Waals surface area contributed by atoms with E-state index in [9.17, 15) is 0 Å². The number of para-hydroxylation sites is 2. The minimum absolute atomic E-state index is 0.270. The zero-order valence-electron chi connectivity index (χ0n) is 39.2. The van der Waals surface area contributed by atoms with Crippen molar-refractivity contribution in [2.45, 2.75) is 19.3 Å². The van der Waals surface area contributed by atoms with Gasteiger partial charge < -0.3 is 4.57 Å². The maximum atomic E-state index is 5.46. The van der Waals surface area contributed by atoms with Crippen LogP contribution in [0.5, 0.6) is 0 Å². The van der Waals surface area contributed by atoms with Crippen molar-refractivity contribution < 1.29 is 0 Å². The Balaban J connectivity index is 1.01. The summed E-state index contributed by atoms with van der Waals surface area (Å²) in [7, 11) is 0. The molecular weight excluding hydrogens is 861 g/mol. The topological polar surface area (TPSA) is 35.6 Å². The summed E-state index contributed by atoms with van der Waals surface area (Å²) in [4.78, 5) is 10.9. The minimum Gasteiger partial charge on any atom is -0.309 e. The van der Waals surface area contributed by atoms with Crippen LogP contribution in [0.3, 0.4) is 0 Å². The van der Waals surface area contributed by atoms with Crippen molar-refractivity contribution in [1.29, 1.82) is 0 Å². The molecule has 0 aliphatic heterocycles. The molecule has 0 bridgehead atoms. The van der Waals surface area contributed by atoms with Gasteiger partial charge in [-0.3, -0.25) is 4.57 Å². The molecule has 0 fully saturated rings. The number of hydrogen-bond acceptors (Lipinski definition) is 2. The van der Waals surface area contributed by atoms with Crippen LogP contribution in [-0.2, 0) is 5.41 Å². The zero-order chi connectivity index (χ0) is 47.0. The number of benzene rings is 11. The molecule has 71 heavy (non-hydrogen) atoms. The maximum absolute atomic E-state index is 5.46. The van der Waals surface area contributed by atoms with Crippen LogP contribution < -0.4 is 0 Å². The first-order valence-corrected chi connectivity index (χ1v) is 24.6. The first-order chi connectivity index (χ1) is 35.0. The Hall–Kier alpha value is -9.12. The van der Waals surface area contributed by atoms with Crippen molar-refractivity contribution in [1.82, 2.24) is 19.1 Å². The Bertz CT molecular complexity index is 4470. The van der Waals surface area contributed by atoms with E-state index in [2.05, 4.69) is 254 Å². The highest BCUT2D eigenvalue weighted by Crippen LogP contribution is 2.53. The molecule has 0 unspecified atom stereocenters. The number of hydrogen-bond donors (Lipinski definition) is 0. The fourth-order valence-corrected chi connectivity index (χ4v) is 12.1. The molecule has 0 amide bonds. The highest BCUT2D eigenvalue weighted by molar-refractivity contribution is 6.26. The molecule has 3 heterocycles. The molecule has 0 N–H and O–H groups in total. The summed E-state index contributed by atoms with van der Waals surface area (Å²) in [5.41, 5.74) is 16.8. The van der Waals surface area contributed by atoms with Crippen molar-refractivity contribution in [3.05, 3.63) is 242 Å². The molecule has 15 rings (SSSR count). The van der Waals surface area contributed by atoms with Gasteiger partial charge in [0.05, 0.1) is 33.5 Å². The summed E-state index contributed by atoms with van der Waals surface area (Å²) in [5, 5.41) is 12.5. The smallest absolute Gasteiger partial charge is 0.235 e.